The van der Waals surface area contributed by atoms with Gasteiger partial charge >= 0.3 is 0 Å². The number of fused-ring (bicyclic) bond motifs is 3. The van der Waals surface area contributed by atoms with E-state index in [1.807, 2.05) is 18.2 Å². The van der Waals surface area contributed by atoms with Crippen LogP contribution in [0.15, 0.2) is 127 Å². The summed E-state index contributed by atoms with van der Waals surface area (Å²) >= 11 is 0. The molecule has 0 heteroatoms. The first-order valence-corrected chi connectivity index (χ1v) is 10.2. The summed E-state index contributed by atoms with van der Waals surface area (Å²) in [5.41, 5.74) is 9.47. The molecule has 1 aromatic rings. The Morgan fingerprint density at radius 3 is 2.17 bits per heavy atom. The molecular weight excluding hydrogens is 348 g/mol. The molecule has 1 aromatic carbocycles. The maximum Gasteiger partial charge on any atom is 0.0725 e. The van der Waals surface area contributed by atoms with E-state index in [-0.39, 0.29) is 5.41 Å². The van der Waals surface area contributed by atoms with E-state index in [0.717, 1.165) is 5.57 Å². The Bertz CT molecular complexity index is 1120. The number of rotatable bonds is 4. The van der Waals surface area contributed by atoms with Crippen LogP contribution >= 0.6 is 0 Å². The van der Waals surface area contributed by atoms with Gasteiger partial charge in [0.25, 0.3) is 0 Å². The molecule has 144 valence electrons. The van der Waals surface area contributed by atoms with Gasteiger partial charge in [0.15, 0.2) is 0 Å². The normalized spacial score (nSPS) is 24.4. The smallest absolute Gasteiger partial charge is 0.0725 e. The van der Waals surface area contributed by atoms with Crippen LogP contribution in [0.3, 0.4) is 0 Å². The van der Waals surface area contributed by atoms with Gasteiger partial charge in [0.2, 0.25) is 0 Å². The van der Waals surface area contributed by atoms with Gasteiger partial charge in [-0.05, 0) is 51.5 Å². The van der Waals surface area contributed by atoms with Gasteiger partial charge in [0.1, 0.15) is 0 Å². The van der Waals surface area contributed by atoms with E-state index in [0.29, 0.717) is 0 Å². The molecule has 1 unspecified atom stereocenters. The van der Waals surface area contributed by atoms with Crippen LogP contribution in [0.25, 0.3) is 5.57 Å². The molecule has 0 aromatic heterocycles. The first kappa shape index (κ1) is 19.2. The highest BCUT2D eigenvalue weighted by Gasteiger charge is 2.52. The standard InChI is InChI=1S/C29H28/c1-7-13-25-21(9-3)22-14-11-12-15-26(22)29(25)24(10-4)20(8-2)23-16-18-28(5,6)19-17-27(23)29/h7-19H,2-4H2,1,5-6H3/b13-7-. The Morgan fingerprint density at radius 2 is 1.52 bits per heavy atom. The zero-order valence-corrected chi connectivity index (χ0v) is 17.6. The van der Waals surface area contributed by atoms with E-state index in [1.165, 1.54) is 39.0 Å². The van der Waals surface area contributed by atoms with Crippen molar-refractivity contribution in [2.45, 2.75) is 26.2 Å². The van der Waals surface area contributed by atoms with Crippen molar-refractivity contribution in [3.8, 4) is 0 Å². The fourth-order valence-electron chi connectivity index (χ4n) is 5.09. The van der Waals surface area contributed by atoms with Crippen molar-refractivity contribution in [3.63, 3.8) is 0 Å². The van der Waals surface area contributed by atoms with Crippen molar-refractivity contribution in [2.24, 2.45) is 5.41 Å². The largest absolute Gasteiger partial charge is 0.0987 e. The second-order valence-corrected chi connectivity index (χ2v) is 8.38. The first-order valence-electron chi connectivity index (χ1n) is 10.2. The predicted molar refractivity (Wildman–Crippen MR) is 127 cm³/mol. The highest BCUT2D eigenvalue weighted by molar-refractivity contribution is 5.94. The molecular formula is C29H28. The Morgan fingerprint density at radius 1 is 0.828 bits per heavy atom. The van der Waals surface area contributed by atoms with E-state index >= 15 is 0 Å². The van der Waals surface area contributed by atoms with E-state index in [4.69, 9.17) is 0 Å². The quantitative estimate of drug-likeness (QED) is 0.508. The van der Waals surface area contributed by atoms with Crippen molar-refractivity contribution in [2.75, 3.05) is 0 Å². The minimum atomic E-state index is -0.394. The van der Waals surface area contributed by atoms with E-state index in [1.54, 1.807) is 0 Å². The van der Waals surface area contributed by atoms with E-state index < -0.39 is 5.41 Å². The van der Waals surface area contributed by atoms with Gasteiger partial charge in [-0.2, -0.15) is 0 Å². The third-order valence-corrected chi connectivity index (χ3v) is 6.30. The summed E-state index contributed by atoms with van der Waals surface area (Å²) in [4.78, 5) is 0. The van der Waals surface area contributed by atoms with Crippen LogP contribution in [0.1, 0.15) is 31.9 Å². The Balaban J connectivity index is 2.22. The van der Waals surface area contributed by atoms with Crippen LogP contribution in [0.2, 0.25) is 0 Å². The summed E-state index contributed by atoms with van der Waals surface area (Å²) in [6.45, 7) is 19.1. The molecule has 0 fully saturated rings. The average molecular weight is 377 g/mol. The van der Waals surface area contributed by atoms with Crippen molar-refractivity contribution in [1.29, 1.82) is 0 Å². The minimum absolute atomic E-state index is 0.00395. The molecule has 1 spiro atoms. The average Bonchev–Trinajstić information content (AvgIpc) is 3.08. The molecule has 0 saturated carbocycles. The Kier molecular flexibility index (Phi) is 4.46. The van der Waals surface area contributed by atoms with Gasteiger partial charge in [-0.15, -0.1) is 0 Å². The van der Waals surface area contributed by atoms with Crippen LogP contribution in [0.4, 0.5) is 0 Å². The molecule has 0 heterocycles. The molecule has 4 rings (SSSR count). The number of hydrogen-bond acceptors (Lipinski definition) is 0. The summed E-state index contributed by atoms with van der Waals surface area (Å²) < 4.78 is 0. The summed E-state index contributed by atoms with van der Waals surface area (Å²) in [6.07, 6.45) is 19.5. The fraction of sp³-hybridized carbons (Fsp3) is 0.172. The molecule has 0 saturated heterocycles. The molecule has 3 aliphatic carbocycles. The van der Waals surface area contributed by atoms with Crippen LogP contribution < -0.4 is 0 Å². The second-order valence-electron chi connectivity index (χ2n) is 8.38. The van der Waals surface area contributed by atoms with Gasteiger partial charge in [0.05, 0.1) is 5.41 Å². The van der Waals surface area contributed by atoms with Crippen molar-refractivity contribution in [1.82, 2.24) is 0 Å². The van der Waals surface area contributed by atoms with Crippen LogP contribution in [0, 0.1) is 5.41 Å². The fourth-order valence-corrected chi connectivity index (χ4v) is 5.09. The molecule has 0 bridgehead atoms. The predicted octanol–water partition coefficient (Wildman–Crippen LogP) is 7.58. The summed E-state index contributed by atoms with van der Waals surface area (Å²) in [5.74, 6) is 0. The van der Waals surface area contributed by atoms with Gasteiger partial charge < -0.3 is 0 Å². The first-order chi connectivity index (χ1) is 14.0. The van der Waals surface area contributed by atoms with Crippen LogP contribution in [0.5, 0.6) is 0 Å². The molecule has 29 heavy (non-hydrogen) atoms. The highest BCUT2D eigenvalue weighted by atomic mass is 14.5. The van der Waals surface area contributed by atoms with Crippen LogP contribution in [-0.2, 0) is 5.41 Å². The van der Waals surface area contributed by atoms with Gasteiger partial charge in [-0.1, -0.05) is 113 Å². The van der Waals surface area contributed by atoms with Crippen molar-refractivity contribution in [3.05, 3.63) is 138 Å². The SMILES string of the molecule is C=CC1=C(C=C)C2(C3=C1C=CC(C)(C)C=C3)C(/C=C\C)=C(C=C)c1ccccc12. The third-order valence-electron chi connectivity index (χ3n) is 6.30. The maximum atomic E-state index is 4.24. The molecule has 0 nitrogen and oxygen atoms in total. The molecule has 0 aliphatic heterocycles. The van der Waals surface area contributed by atoms with Gasteiger partial charge in [-0.25, -0.2) is 0 Å². The van der Waals surface area contributed by atoms with Crippen LogP contribution in [-0.4, -0.2) is 0 Å². The Hall–Kier alpha value is -3.12. The number of hydrogen-bond donors (Lipinski definition) is 0. The third kappa shape index (κ3) is 2.45. The monoisotopic (exact) mass is 376 g/mol. The topological polar surface area (TPSA) is 0 Å². The Labute approximate surface area is 175 Å². The molecule has 1 atom stereocenters. The lowest BCUT2D eigenvalue weighted by molar-refractivity contribution is 0.625. The minimum Gasteiger partial charge on any atom is -0.0987 e. The summed E-state index contributed by atoms with van der Waals surface area (Å²) in [6, 6.07) is 8.70. The lowest BCUT2D eigenvalue weighted by Gasteiger charge is -2.33. The maximum absolute atomic E-state index is 4.24. The lowest BCUT2D eigenvalue weighted by atomic mass is 9.67. The van der Waals surface area contributed by atoms with Gasteiger partial charge in [-0.3, -0.25) is 0 Å². The highest BCUT2D eigenvalue weighted by Crippen LogP contribution is 2.62. The van der Waals surface area contributed by atoms with Gasteiger partial charge in [0, 0.05) is 5.41 Å². The van der Waals surface area contributed by atoms with Crippen molar-refractivity contribution < 1.29 is 0 Å². The van der Waals surface area contributed by atoms with E-state index in [9.17, 15) is 0 Å². The lowest BCUT2D eigenvalue weighted by Crippen LogP contribution is -2.28. The molecule has 0 amide bonds. The summed E-state index contributed by atoms with van der Waals surface area (Å²) in [7, 11) is 0. The molecule has 0 N–H and O–H groups in total. The number of benzene rings is 1. The second kappa shape index (κ2) is 6.74. The molecule has 0 radical (unpaired) electrons. The zero-order chi connectivity index (χ0) is 20.8. The molecule has 3 aliphatic rings. The van der Waals surface area contributed by atoms with Crippen molar-refractivity contribution >= 4 is 5.57 Å². The summed E-state index contributed by atoms with van der Waals surface area (Å²) in [5, 5.41) is 0. The zero-order valence-electron chi connectivity index (χ0n) is 17.6. The van der Waals surface area contributed by atoms with E-state index in [2.05, 4.69) is 101 Å². The number of allylic oxidation sites excluding steroid dienone is 15.